The van der Waals surface area contributed by atoms with Gasteiger partial charge in [0, 0.05) is 13.1 Å². The molecule has 1 aromatic carbocycles. The van der Waals surface area contributed by atoms with Crippen LogP contribution in [0, 0.1) is 0 Å². The van der Waals surface area contributed by atoms with E-state index in [1.54, 1.807) is 29.2 Å². The highest BCUT2D eigenvalue weighted by molar-refractivity contribution is 7.91. The summed E-state index contributed by atoms with van der Waals surface area (Å²) in [6.07, 6.45) is -1.11. The molecular weight excluding hydrogens is 266 g/mol. The third-order valence-corrected chi connectivity index (χ3v) is 5.23. The summed E-state index contributed by atoms with van der Waals surface area (Å²) in [4.78, 5) is 2.00. The summed E-state index contributed by atoms with van der Waals surface area (Å²) >= 11 is 0. The zero-order valence-corrected chi connectivity index (χ0v) is 11.7. The molecule has 0 aliphatic carbocycles. The van der Waals surface area contributed by atoms with Crippen LogP contribution in [-0.2, 0) is 9.84 Å². The molecule has 2 unspecified atom stereocenters. The molecule has 0 radical (unpaired) electrons. The van der Waals surface area contributed by atoms with Gasteiger partial charge in [0.05, 0.1) is 28.5 Å². The molecule has 1 aromatic rings. The highest BCUT2D eigenvalue weighted by atomic mass is 32.2. The van der Waals surface area contributed by atoms with E-state index in [2.05, 4.69) is 0 Å². The number of sulfone groups is 1. The van der Waals surface area contributed by atoms with E-state index in [9.17, 15) is 18.6 Å². The first-order chi connectivity index (χ1) is 8.95. The molecule has 2 N–H and O–H groups in total. The van der Waals surface area contributed by atoms with Crippen LogP contribution in [0.5, 0.6) is 0 Å². The summed E-state index contributed by atoms with van der Waals surface area (Å²) in [6, 6.07) is 6.75. The lowest BCUT2D eigenvalue weighted by Gasteiger charge is -2.21. The van der Waals surface area contributed by atoms with Gasteiger partial charge in [-0.2, -0.15) is 0 Å². The van der Waals surface area contributed by atoms with Crippen molar-refractivity contribution < 1.29 is 18.6 Å². The molecule has 19 heavy (non-hydrogen) atoms. The van der Waals surface area contributed by atoms with Crippen molar-refractivity contribution in [2.24, 2.45) is 0 Å². The fourth-order valence-corrected chi connectivity index (χ4v) is 3.89. The van der Waals surface area contributed by atoms with Crippen molar-refractivity contribution in [3.05, 3.63) is 24.3 Å². The van der Waals surface area contributed by atoms with E-state index < -0.39 is 22.0 Å². The Morgan fingerprint density at radius 3 is 2.37 bits per heavy atom. The molecule has 0 saturated carbocycles. The molecule has 1 aliphatic heterocycles. The van der Waals surface area contributed by atoms with Crippen molar-refractivity contribution >= 4 is 15.5 Å². The first kappa shape index (κ1) is 14.3. The average Bonchev–Trinajstić information content (AvgIpc) is 2.69. The molecule has 6 heteroatoms. The minimum atomic E-state index is -3.32. The van der Waals surface area contributed by atoms with Crippen LogP contribution in [0.1, 0.15) is 13.3 Å². The first-order valence-corrected chi connectivity index (χ1v) is 8.04. The Morgan fingerprint density at radius 2 is 1.79 bits per heavy atom. The second-order valence-corrected chi connectivity index (χ2v) is 6.90. The van der Waals surface area contributed by atoms with Gasteiger partial charge in [0.1, 0.15) is 0 Å². The van der Waals surface area contributed by atoms with Gasteiger partial charge in [-0.1, -0.05) is 19.1 Å². The van der Waals surface area contributed by atoms with E-state index in [1.807, 2.05) is 6.92 Å². The lowest BCUT2D eigenvalue weighted by atomic mass is 10.3. The van der Waals surface area contributed by atoms with E-state index in [-0.39, 0.29) is 23.7 Å². The Hall–Kier alpha value is -1.11. The first-order valence-electron chi connectivity index (χ1n) is 6.38. The predicted molar refractivity (Wildman–Crippen MR) is 73.0 cm³/mol. The van der Waals surface area contributed by atoms with E-state index in [4.69, 9.17) is 0 Å². The van der Waals surface area contributed by atoms with Crippen LogP contribution in [0.15, 0.2) is 29.2 Å². The van der Waals surface area contributed by atoms with Crippen LogP contribution >= 0.6 is 0 Å². The molecule has 0 bridgehead atoms. The van der Waals surface area contributed by atoms with E-state index >= 15 is 0 Å². The second kappa shape index (κ2) is 5.48. The van der Waals surface area contributed by atoms with Crippen molar-refractivity contribution in [1.29, 1.82) is 0 Å². The normalized spacial score (nSPS) is 23.8. The number of hydrogen-bond donors (Lipinski definition) is 2. The third kappa shape index (κ3) is 2.91. The fourth-order valence-electron chi connectivity index (χ4n) is 2.33. The molecule has 5 nitrogen and oxygen atoms in total. The van der Waals surface area contributed by atoms with Crippen LogP contribution in [0.2, 0.25) is 0 Å². The summed E-state index contributed by atoms with van der Waals surface area (Å²) in [5, 5.41) is 19.2. The molecule has 2 atom stereocenters. The van der Waals surface area contributed by atoms with E-state index in [1.165, 1.54) is 0 Å². The van der Waals surface area contributed by atoms with Crippen molar-refractivity contribution in [2.45, 2.75) is 30.4 Å². The average molecular weight is 285 g/mol. The largest absolute Gasteiger partial charge is 0.389 e. The summed E-state index contributed by atoms with van der Waals surface area (Å²) < 4.78 is 24.4. The van der Waals surface area contributed by atoms with Gasteiger partial charge >= 0.3 is 0 Å². The van der Waals surface area contributed by atoms with Gasteiger partial charge in [0.15, 0.2) is 9.84 Å². The van der Waals surface area contributed by atoms with Gasteiger partial charge in [-0.15, -0.1) is 0 Å². The summed E-state index contributed by atoms with van der Waals surface area (Å²) in [5.74, 6) is 0.100. The van der Waals surface area contributed by atoms with E-state index in [0.717, 1.165) is 0 Å². The summed E-state index contributed by atoms with van der Waals surface area (Å²) in [7, 11) is -3.32. The number of aliphatic hydroxyl groups excluding tert-OH is 2. The molecule has 1 aliphatic rings. The van der Waals surface area contributed by atoms with Gasteiger partial charge in [-0.3, -0.25) is 0 Å². The third-order valence-electron chi connectivity index (χ3n) is 3.27. The zero-order valence-electron chi connectivity index (χ0n) is 10.9. The van der Waals surface area contributed by atoms with Crippen molar-refractivity contribution in [3.63, 3.8) is 0 Å². The number of β-amino-alcohol motifs (C(OH)–C–C–N with tert-alkyl or cyclic N) is 2. The van der Waals surface area contributed by atoms with Crippen LogP contribution < -0.4 is 4.90 Å². The summed E-state index contributed by atoms with van der Waals surface area (Å²) in [5.41, 5.74) is 0.562. The number of benzene rings is 1. The maximum absolute atomic E-state index is 12.2. The lowest BCUT2D eigenvalue weighted by Crippen LogP contribution is -2.23. The Balaban J connectivity index is 2.37. The Morgan fingerprint density at radius 1 is 1.21 bits per heavy atom. The smallest absolute Gasteiger partial charge is 0.180 e. The molecule has 1 saturated heterocycles. The fraction of sp³-hybridized carbons (Fsp3) is 0.538. The van der Waals surface area contributed by atoms with Crippen LogP contribution in [0.3, 0.4) is 0 Å². The molecule has 1 fully saturated rings. The predicted octanol–water partition coefficient (Wildman–Crippen LogP) is 0.412. The molecule has 2 rings (SSSR count). The van der Waals surface area contributed by atoms with Crippen LogP contribution in [0.25, 0.3) is 0 Å². The maximum atomic E-state index is 12.2. The van der Waals surface area contributed by atoms with Crippen molar-refractivity contribution in [1.82, 2.24) is 0 Å². The van der Waals surface area contributed by atoms with Gasteiger partial charge in [0.2, 0.25) is 0 Å². The van der Waals surface area contributed by atoms with E-state index in [0.29, 0.717) is 12.1 Å². The SMILES string of the molecule is CCCS(=O)(=O)c1ccccc1N1CC(O)C(O)C1. The van der Waals surface area contributed by atoms with Crippen LogP contribution in [0.4, 0.5) is 5.69 Å². The molecule has 0 amide bonds. The monoisotopic (exact) mass is 285 g/mol. The lowest BCUT2D eigenvalue weighted by molar-refractivity contribution is 0.0572. The highest BCUT2D eigenvalue weighted by Gasteiger charge is 2.32. The van der Waals surface area contributed by atoms with Crippen LogP contribution in [-0.4, -0.2) is 49.7 Å². The Kier molecular flexibility index (Phi) is 4.13. The number of aliphatic hydroxyl groups is 2. The molecular formula is C13H19NO4S. The molecule has 1 heterocycles. The van der Waals surface area contributed by atoms with Gasteiger partial charge < -0.3 is 15.1 Å². The minimum Gasteiger partial charge on any atom is -0.389 e. The highest BCUT2D eigenvalue weighted by Crippen LogP contribution is 2.29. The quantitative estimate of drug-likeness (QED) is 0.838. The molecule has 0 aromatic heterocycles. The second-order valence-electron chi connectivity index (χ2n) is 4.83. The Bertz CT molecular complexity index is 533. The minimum absolute atomic E-state index is 0.100. The number of rotatable bonds is 4. The van der Waals surface area contributed by atoms with Gasteiger partial charge in [-0.25, -0.2) is 8.42 Å². The maximum Gasteiger partial charge on any atom is 0.180 e. The topological polar surface area (TPSA) is 77.8 Å². The summed E-state index contributed by atoms with van der Waals surface area (Å²) in [6.45, 7) is 2.32. The number of anilines is 1. The van der Waals surface area contributed by atoms with Gasteiger partial charge in [0.25, 0.3) is 0 Å². The molecule has 106 valence electrons. The Labute approximate surface area is 113 Å². The number of nitrogens with zero attached hydrogens (tertiary/aromatic N) is 1. The standard InChI is InChI=1S/C13H19NO4S/c1-2-7-19(17,18)13-6-4-3-5-10(13)14-8-11(15)12(16)9-14/h3-6,11-12,15-16H,2,7-9H2,1H3. The number of hydrogen-bond acceptors (Lipinski definition) is 5. The van der Waals surface area contributed by atoms with Crippen molar-refractivity contribution in [3.8, 4) is 0 Å². The number of para-hydroxylation sites is 1. The zero-order chi connectivity index (χ0) is 14.0. The van der Waals surface area contributed by atoms with Crippen molar-refractivity contribution in [2.75, 3.05) is 23.7 Å². The molecule has 0 spiro atoms. The van der Waals surface area contributed by atoms with Gasteiger partial charge in [-0.05, 0) is 18.6 Å².